The fourth-order valence-electron chi connectivity index (χ4n) is 3.19. The fraction of sp³-hybridized carbons (Fsp3) is 0.600. The molecule has 2 saturated heterocycles. The van der Waals surface area contributed by atoms with E-state index >= 15 is 0 Å². The molecule has 0 aliphatic carbocycles. The SMILES string of the molecule is CN(C)c1cccc(N2CCN3CCCC3C2)c1. The summed E-state index contributed by atoms with van der Waals surface area (Å²) in [5.41, 5.74) is 2.68. The zero-order valence-electron chi connectivity index (χ0n) is 11.5. The molecule has 2 fully saturated rings. The molecule has 0 saturated carbocycles. The smallest absolute Gasteiger partial charge is 0.0387 e. The third-order valence-corrected chi connectivity index (χ3v) is 4.30. The van der Waals surface area contributed by atoms with Crippen LogP contribution in [0.2, 0.25) is 0 Å². The Labute approximate surface area is 110 Å². The lowest BCUT2D eigenvalue weighted by Gasteiger charge is -2.39. The standard InChI is InChI=1S/C15H23N3/c1-16(2)13-5-3-6-14(11-13)18-10-9-17-8-4-7-15(17)12-18/h3,5-6,11,15H,4,7-10,12H2,1-2H3. The Morgan fingerprint density at radius 1 is 1.17 bits per heavy atom. The zero-order chi connectivity index (χ0) is 12.5. The Bertz CT molecular complexity index is 416. The van der Waals surface area contributed by atoms with Gasteiger partial charge in [-0.15, -0.1) is 0 Å². The molecule has 3 nitrogen and oxygen atoms in total. The molecule has 1 unspecified atom stereocenters. The molecular formula is C15H23N3. The van der Waals surface area contributed by atoms with Gasteiger partial charge in [0.2, 0.25) is 0 Å². The number of anilines is 2. The zero-order valence-corrected chi connectivity index (χ0v) is 11.5. The van der Waals surface area contributed by atoms with Crippen LogP contribution in [-0.4, -0.2) is 51.2 Å². The summed E-state index contributed by atoms with van der Waals surface area (Å²) < 4.78 is 0. The highest BCUT2D eigenvalue weighted by molar-refractivity contribution is 5.59. The molecule has 98 valence electrons. The number of hydrogen-bond donors (Lipinski definition) is 0. The number of rotatable bonds is 2. The largest absolute Gasteiger partial charge is 0.378 e. The molecule has 0 bridgehead atoms. The molecule has 0 spiro atoms. The van der Waals surface area contributed by atoms with E-state index in [1.54, 1.807) is 0 Å². The topological polar surface area (TPSA) is 9.72 Å². The van der Waals surface area contributed by atoms with Crippen LogP contribution >= 0.6 is 0 Å². The van der Waals surface area contributed by atoms with E-state index in [0.29, 0.717) is 0 Å². The summed E-state index contributed by atoms with van der Waals surface area (Å²) in [5.74, 6) is 0. The van der Waals surface area contributed by atoms with Gasteiger partial charge in [-0.2, -0.15) is 0 Å². The van der Waals surface area contributed by atoms with Gasteiger partial charge >= 0.3 is 0 Å². The van der Waals surface area contributed by atoms with Gasteiger partial charge in [0, 0.05) is 51.1 Å². The molecule has 0 aromatic heterocycles. The summed E-state index contributed by atoms with van der Waals surface area (Å²) in [7, 11) is 4.21. The van der Waals surface area contributed by atoms with E-state index in [0.717, 1.165) is 6.04 Å². The second kappa shape index (κ2) is 4.81. The summed E-state index contributed by atoms with van der Waals surface area (Å²) in [6, 6.07) is 9.70. The monoisotopic (exact) mass is 245 g/mol. The third kappa shape index (κ3) is 2.19. The van der Waals surface area contributed by atoms with Gasteiger partial charge < -0.3 is 9.80 Å². The minimum absolute atomic E-state index is 0.793. The van der Waals surface area contributed by atoms with Crippen molar-refractivity contribution < 1.29 is 0 Å². The maximum Gasteiger partial charge on any atom is 0.0387 e. The molecule has 18 heavy (non-hydrogen) atoms. The lowest BCUT2D eigenvalue weighted by molar-refractivity contribution is 0.231. The third-order valence-electron chi connectivity index (χ3n) is 4.30. The molecule has 2 heterocycles. The first-order valence-corrected chi connectivity index (χ1v) is 7.00. The van der Waals surface area contributed by atoms with Crippen LogP contribution in [0.4, 0.5) is 11.4 Å². The number of fused-ring (bicyclic) bond motifs is 1. The predicted octanol–water partition coefficient (Wildman–Crippen LogP) is 2.04. The molecule has 2 aliphatic rings. The second-order valence-electron chi connectivity index (χ2n) is 5.69. The van der Waals surface area contributed by atoms with E-state index in [-0.39, 0.29) is 0 Å². The maximum absolute atomic E-state index is 2.66. The van der Waals surface area contributed by atoms with Gasteiger partial charge in [-0.05, 0) is 37.6 Å². The molecule has 0 radical (unpaired) electrons. The summed E-state index contributed by atoms with van der Waals surface area (Å²) in [4.78, 5) is 7.39. The Morgan fingerprint density at radius 2 is 2.06 bits per heavy atom. The first kappa shape index (κ1) is 11.8. The van der Waals surface area contributed by atoms with Crippen LogP contribution in [0.1, 0.15) is 12.8 Å². The highest BCUT2D eigenvalue weighted by Crippen LogP contribution is 2.27. The molecule has 1 atom stereocenters. The highest BCUT2D eigenvalue weighted by atomic mass is 15.3. The van der Waals surface area contributed by atoms with Crippen LogP contribution in [0.3, 0.4) is 0 Å². The summed E-state index contributed by atoms with van der Waals surface area (Å²) in [6.07, 6.45) is 2.76. The predicted molar refractivity (Wildman–Crippen MR) is 77.6 cm³/mol. The van der Waals surface area contributed by atoms with Crippen molar-refractivity contribution >= 4 is 11.4 Å². The first-order valence-electron chi connectivity index (χ1n) is 7.00. The van der Waals surface area contributed by atoms with Crippen molar-refractivity contribution in [3.8, 4) is 0 Å². The van der Waals surface area contributed by atoms with E-state index in [9.17, 15) is 0 Å². The summed E-state index contributed by atoms with van der Waals surface area (Å²) in [5, 5.41) is 0. The quantitative estimate of drug-likeness (QED) is 0.789. The number of hydrogen-bond acceptors (Lipinski definition) is 3. The minimum atomic E-state index is 0.793. The molecule has 3 rings (SSSR count). The van der Waals surface area contributed by atoms with Crippen molar-refractivity contribution in [3.63, 3.8) is 0 Å². The Morgan fingerprint density at radius 3 is 2.89 bits per heavy atom. The van der Waals surface area contributed by atoms with Crippen molar-refractivity contribution in [1.29, 1.82) is 0 Å². The lowest BCUT2D eigenvalue weighted by atomic mass is 10.1. The molecule has 1 aromatic carbocycles. The second-order valence-corrected chi connectivity index (χ2v) is 5.69. The average molecular weight is 245 g/mol. The van der Waals surface area contributed by atoms with Crippen molar-refractivity contribution in [1.82, 2.24) is 4.90 Å². The van der Waals surface area contributed by atoms with Gasteiger partial charge in [0.25, 0.3) is 0 Å². The summed E-state index contributed by atoms with van der Waals surface area (Å²) >= 11 is 0. The number of nitrogens with zero attached hydrogens (tertiary/aromatic N) is 3. The van der Waals surface area contributed by atoms with Crippen molar-refractivity contribution in [3.05, 3.63) is 24.3 Å². The average Bonchev–Trinajstić information content (AvgIpc) is 2.86. The van der Waals surface area contributed by atoms with Crippen LogP contribution in [0.5, 0.6) is 0 Å². The van der Waals surface area contributed by atoms with Crippen LogP contribution in [-0.2, 0) is 0 Å². The van der Waals surface area contributed by atoms with Gasteiger partial charge in [0.05, 0.1) is 0 Å². The fourth-order valence-corrected chi connectivity index (χ4v) is 3.19. The lowest BCUT2D eigenvalue weighted by Crippen LogP contribution is -2.50. The van der Waals surface area contributed by atoms with Gasteiger partial charge in [0.1, 0.15) is 0 Å². The van der Waals surface area contributed by atoms with Crippen LogP contribution < -0.4 is 9.80 Å². The minimum Gasteiger partial charge on any atom is -0.378 e. The van der Waals surface area contributed by atoms with Crippen molar-refractivity contribution in [2.24, 2.45) is 0 Å². The Balaban J connectivity index is 1.76. The van der Waals surface area contributed by atoms with Crippen molar-refractivity contribution in [2.75, 3.05) is 50.1 Å². The molecular weight excluding hydrogens is 222 g/mol. The number of benzene rings is 1. The normalized spacial score (nSPS) is 24.1. The van der Waals surface area contributed by atoms with Crippen LogP contribution in [0, 0.1) is 0 Å². The highest BCUT2D eigenvalue weighted by Gasteiger charge is 2.30. The molecule has 3 heteroatoms. The molecule has 1 aromatic rings. The van der Waals surface area contributed by atoms with Crippen LogP contribution in [0.25, 0.3) is 0 Å². The van der Waals surface area contributed by atoms with Gasteiger partial charge in [-0.25, -0.2) is 0 Å². The van der Waals surface area contributed by atoms with Gasteiger partial charge in [-0.3, -0.25) is 4.90 Å². The van der Waals surface area contributed by atoms with E-state index in [2.05, 4.69) is 53.1 Å². The molecule has 0 N–H and O–H groups in total. The first-order chi connectivity index (χ1) is 8.74. The van der Waals surface area contributed by atoms with Gasteiger partial charge in [-0.1, -0.05) is 6.07 Å². The maximum atomic E-state index is 2.66. The van der Waals surface area contributed by atoms with E-state index < -0.39 is 0 Å². The van der Waals surface area contributed by atoms with Crippen molar-refractivity contribution in [2.45, 2.75) is 18.9 Å². The van der Waals surface area contributed by atoms with E-state index in [1.807, 2.05) is 0 Å². The Hall–Kier alpha value is -1.22. The van der Waals surface area contributed by atoms with Gasteiger partial charge in [0.15, 0.2) is 0 Å². The number of piperazine rings is 1. The molecule has 0 amide bonds. The Kier molecular flexibility index (Phi) is 3.16. The summed E-state index contributed by atoms with van der Waals surface area (Å²) in [6.45, 7) is 4.93. The molecule has 2 aliphatic heterocycles. The van der Waals surface area contributed by atoms with E-state index in [1.165, 1.54) is 50.4 Å². The van der Waals surface area contributed by atoms with E-state index in [4.69, 9.17) is 0 Å². The van der Waals surface area contributed by atoms with Crippen LogP contribution in [0.15, 0.2) is 24.3 Å².